The van der Waals surface area contributed by atoms with Gasteiger partial charge in [0, 0.05) is 37.2 Å². The molecule has 0 aromatic heterocycles. The zero-order valence-corrected chi connectivity index (χ0v) is 12.2. The molecule has 1 aliphatic heterocycles. The van der Waals surface area contributed by atoms with Gasteiger partial charge in [-0.3, -0.25) is 4.90 Å². The summed E-state index contributed by atoms with van der Waals surface area (Å²) in [5.41, 5.74) is 1.14. The van der Waals surface area contributed by atoms with Crippen LogP contribution in [-0.2, 0) is 0 Å². The second-order valence-electron chi connectivity index (χ2n) is 4.70. The monoisotopic (exact) mass is 314 g/mol. The van der Waals surface area contributed by atoms with E-state index in [9.17, 15) is 4.39 Å². The van der Waals surface area contributed by atoms with Gasteiger partial charge in [-0.15, -0.1) is 0 Å². The number of rotatable bonds is 5. The highest BCUT2D eigenvalue weighted by Gasteiger charge is 2.16. The van der Waals surface area contributed by atoms with Crippen molar-refractivity contribution in [3.63, 3.8) is 0 Å². The minimum Gasteiger partial charge on any atom is -0.369 e. The maximum Gasteiger partial charge on any atom is 0.123 e. The second kappa shape index (κ2) is 7.10. The fourth-order valence-corrected chi connectivity index (χ4v) is 2.71. The molecule has 0 aliphatic carbocycles. The van der Waals surface area contributed by atoms with Gasteiger partial charge < -0.3 is 4.90 Å². The predicted molar refractivity (Wildman–Crippen MR) is 78.1 cm³/mol. The highest BCUT2D eigenvalue weighted by molar-refractivity contribution is 9.09. The smallest absolute Gasteiger partial charge is 0.123 e. The third-order valence-corrected chi connectivity index (χ3v) is 3.98. The van der Waals surface area contributed by atoms with E-state index in [0.717, 1.165) is 37.2 Å². The average Bonchev–Trinajstić information content (AvgIpc) is 2.41. The third-order valence-electron chi connectivity index (χ3n) is 3.42. The first-order valence-corrected chi connectivity index (χ1v) is 7.70. The molecule has 4 heteroatoms. The Hall–Kier alpha value is -0.610. The Morgan fingerprint density at radius 2 is 1.67 bits per heavy atom. The van der Waals surface area contributed by atoms with Crippen LogP contribution in [0.5, 0.6) is 0 Å². The van der Waals surface area contributed by atoms with Crippen LogP contribution in [0.3, 0.4) is 0 Å². The van der Waals surface area contributed by atoms with Crippen LogP contribution in [-0.4, -0.2) is 43.0 Å². The summed E-state index contributed by atoms with van der Waals surface area (Å²) in [4.78, 5) is 4.85. The summed E-state index contributed by atoms with van der Waals surface area (Å²) in [5, 5.41) is 1.10. The fourth-order valence-electron chi connectivity index (χ4n) is 2.31. The van der Waals surface area contributed by atoms with Gasteiger partial charge in [-0.25, -0.2) is 4.39 Å². The highest BCUT2D eigenvalue weighted by Crippen LogP contribution is 2.17. The number of benzene rings is 1. The topological polar surface area (TPSA) is 6.48 Å². The SMILES string of the molecule is Fc1ccc(N2CCN(CCCCBr)CC2)cc1. The molecular formula is C14H20BrFN2. The van der Waals surface area contributed by atoms with Crippen LogP contribution in [0.1, 0.15) is 12.8 Å². The summed E-state index contributed by atoms with van der Waals surface area (Å²) in [6, 6.07) is 6.82. The summed E-state index contributed by atoms with van der Waals surface area (Å²) >= 11 is 3.46. The van der Waals surface area contributed by atoms with Crippen molar-refractivity contribution in [2.24, 2.45) is 0 Å². The van der Waals surface area contributed by atoms with Crippen LogP contribution in [0.4, 0.5) is 10.1 Å². The van der Waals surface area contributed by atoms with Gasteiger partial charge >= 0.3 is 0 Å². The summed E-state index contributed by atoms with van der Waals surface area (Å²) < 4.78 is 12.9. The molecule has 2 nitrogen and oxygen atoms in total. The van der Waals surface area contributed by atoms with Crippen molar-refractivity contribution in [1.29, 1.82) is 0 Å². The second-order valence-corrected chi connectivity index (χ2v) is 5.49. The van der Waals surface area contributed by atoms with E-state index in [2.05, 4.69) is 25.7 Å². The minimum atomic E-state index is -0.160. The number of halogens is 2. The van der Waals surface area contributed by atoms with E-state index in [-0.39, 0.29) is 5.82 Å². The zero-order valence-electron chi connectivity index (χ0n) is 10.6. The van der Waals surface area contributed by atoms with Crippen molar-refractivity contribution in [1.82, 2.24) is 4.90 Å². The lowest BCUT2D eigenvalue weighted by molar-refractivity contribution is 0.254. The van der Waals surface area contributed by atoms with Crippen molar-refractivity contribution in [3.8, 4) is 0 Å². The molecule has 18 heavy (non-hydrogen) atoms. The molecule has 0 spiro atoms. The standard InChI is InChI=1S/C14H20BrFN2/c15-7-1-2-8-17-9-11-18(12-10-17)14-5-3-13(16)4-6-14/h3-6H,1-2,7-12H2. The molecule has 1 aromatic carbocycles. The third kappa shape index (κ3) is 3.95. The molecule has 1 heterocycles. The molecule has 100 valence electrons. The van der Waals surface area contributed by atoms with E-state index in [1.54, 1.807) is 0 Å². The fraction of sp³-hybridized carbons (Fsp3) is 0.571. The number of anilines is 1. The lowest BCUT2D eigenvalue weighted by Gasteiger charge is -2.36. The van der Waals surface area contributed by atoms with E-state index in [0.29, 0.717) is 0 Å². The van der Waals surface area contributed by atoms with E-state index in [4.69, 9.17) is 0 Å². The van der Waals surface area contributed by atoms with E-state index < -0.39 is 0 Å². The van der Waals surface area contributed by atoms with Gasteiger partial charge in [0.05, 0.1) is 0 Å². The lowest BCUT2D eigenvalue weighted by Crippen LogP contribution is -2.46. The van der Waals surface area contributed by atoms with Gasteiger partial charge in [-0.1, -0.05) is 15.9 Å². The number of alkyl halides is 1. The van der Waals surface area contributed by atoms with Crippen LogP contribution in [0.15, 0.2) is 24.3 Å². The van der Waals surface area contributed by atoms with Gasteiger partial charge in [-0.2, -0.15) is 0 Å². The molecule has 2 rings (SSSR count). The summed E-state index contributed by atoms with van der Waals surface area (Å²) in [6.07, 6.45) is 2.51. The van der Waals surface area contributed by atoms with Crippen molar-refractivity contribution in [3.05, 3.63) is 30.1 Å². The molecule has 0 bridgehead atoms. The Morgan fingerprint density at radius 3 is 2.28 bits per heavy atom. The Kier molecular flexibility index (Phi) is 5.45. The van der Waals surface area contributed by atoms with Crippen molar-refractivity contribution in [2.75, 3.05) is 43.0 Å². The maximum atomic E-state index is 12.9. The highest BCUT2D eigenvalue weighted by atomic mass is 79.9. The van der Waals surface area contributed by atoms with Crippen molar-refractivity contribution < 1.29 is 4.39 Å². The van der Waals surface area contributed by atoms with Gasteiger partial charge in [0.2, 0.25) is 0 Å². The molecular weight excluding hydrogens is 295 g/mol. The number of unbranched alkanes of at least 4 members (excludes halogenated alkanes) is 1. The van der Waals surface area contributed by atoms with Gasteiger partial charge in [0.25, 0.3) is 0 Å². The predicted octanol–water partition coefficient (Wildman–Crippen LogP) is 3.12. The van der Waals surface area contributed by atoms with E-state index >= 15 is 0 Å². The van der Waals surface area contributed by atoms with Gasteiger partial charge in [0.1, 0.15) is 5.82 Å². The molecule has 0 amide bonds. The molecule has 0 unspecified atom stereocenters. The maximum absolute atomic E-state index is 12.9. The Balaban J connectivity index is 1.77. The summed E-state index contributed by atoms with van der Waals surface area (Å²) in [6.45, 7) is 5.50. The molecule has 1 aromatic rings. The van der Waals surface area contributed by atoms with Crippen molar-refractivity contribution >= 4 is 21.6 Å². The summed E-state index contributed by atoms with van der Waals surface area (Å²) in [5.74, 6) is -0.160. The largest absolute Gasteiger partial charge is 0.369 e. The Labute approximate surface area is 117 Å². The molecule has 0 radical (unpaired) electrons. The quantitative estimate of drug-likeness (QED) is 0.608. The average molecular weight is 315 g/mol. The van der Waals surface area contributed by atoms with Crippen LogP contribution in [0.2, 0.25) is 0 Å². The first kappa shape index (κ1) is 13.8. The molecule has 0 atom stereocenters. The summed E-state index contributed by atoms with van der Waals surface area (Å²) in [7, 11) is 0. The normalized spacial score (nSPS) is 17.1. The Morgan fingerprint density at radius 1 is 1.00 bits per heavy atom. The number of nitrogens with zero attached hydrogens (tertiary/aromatic N) is 2. The van der Waals surface area contributed by atoms with Crippen molar-refractivity contribution in [2.45, 2.75) is 12.8 Å². The minimum absolute atomic E-state index is 0.160. The first-order valence-electron chi connectivity index (χ1n) is 6.58. The molecule has 0 saturated carbocycles. The lowest BCUT2D eigenvalue weighted by atomic mass is 10.2. The molecule has 1 fully saturated rings. The Bertz CT molecular complexity index is 347. The van der Waals surface area contributed by atoms with Gasteiger partial charge in [0.15, 0.2) is 0 Å². The first-order chi connectivity index (χ1) is 8.79. The zero-order chi connectivity index (χ0) is 12.8. The number of hydrogen-bond donors (Lipinski definition) is 0. The molecule has 0 N–H and O–H groups in total. The van der Waals surface area contributed by atoms with E-state index in [1.807, 2.05) is 12.1 Å². The number of hydrogen-bond acceptors (Lipinski definition) is 2. The van der Waals surface area contributed by atoms with Gasteiger partial charge in [-0.05, 0) is 43.7 Å². The van der Waals surface area contributed by atoms with Crippen LogP contribution >= 0.6 is 15.9 Å². The van der Waals surface area contributed by atoms with Crippen LogP contribution in [0, 0.1) is 5.82 Å². The van der Waals surface area contributed by atoms with E-state index in [1.165, 1.54) is 31.5 Å². The molecule has 1 saturated heterocycles. The molecule has 1 aliphatic rings. The van der Waals surface area contributed by atoms with Crippen LogP contribution < -0.4 is 4.90 Å². The van der Waals surface area contributed by atoms with Crippen LogP contribution in [0.25, 0.3) is 0 Å². The number of piperazine rings is 1.